The van der Waals surface area contributed by atoms with Crippen LogP contribution in [0.2, 0.25) is 0 Å². The van der Waals surface area contributed by atoms with Crippen molar-refractivity contribution < 1.29 is 29.3 Å². The summed E-state index contributed by atoms with van der Waals surface area (Å²) in [6, 6.07) is 0. The summed E-state index contributed by atoms with van der Waals surface area (Å²) >= 11 is 0. The fourth-order valence-corrected chi connectivity index (χ4v) is 0.851. The van der Waals surface area contributed by atoms with Crippen LogP contribution >= 0.6 is 0 Å². The predicted octanol–water partition coefficient (Wildman–Crippen LogP) is 3.20. The van der Waals surface area contributed by atoms with E-state index < -0.39 is 11.9 Å². The second kappa shape index (κ2) is 18.6. The molecule has 0 saturated heterocycles. The molecule has 0 atom stereocenters. The topological polar surface area (TPSA) is 101 Å². The molecule has 0 aliphatic heterocycles. The molecule has 0 fully saturated rings. The molecular weight excluding hydrogens is 288 g/mol. The number of ether oxygens (including phenoxy) is 1. The Morgan fingerprint density at radius 2 is 1.45 bits per heavy atom. The second-order valence-corrected chi connectivity index (χ2v) is 3.83. The Morgan fingerprint density at radius 1 is 1.05 bits per heavy atom. The van der Waals surface area contributed by atoms with Crippen LogP contribution in [0.4, 0.5) is 0 Å². The molecule has 6 nitrogen and oxygen atoms in total. The number of carbonyl (C=O) groups excluding carboxylic acids is 1. The zero-order valence-electron chi connectivity index (χ0n) is 13.5. The highest BCUT2D eigenvalue weighted by atomic mass is 16.5. The van der Waals surface area contributed by atoms with Crippen LogP contribution in [0, 0.1) is 0 Å². The molecule has 22 heavy (non-hydrogen) atoms. The van der Waals surface area contributed by atoms with Crippen LogP contribution in [-0.4, -0.2) is 34.7 Å². The number of carboxylic acids is 2. The highest BCUT2D eigenvalue weighted by Crippen LogP contribution is 2.02. The molecule has 0 bridgehead atoms. The van der Waals surface area contributed by atoms with Gasteiger partial charge in [0.05, 0.1) is 6.61 Å². The lowest BCUT2D eigenvalue weighted by atomic mass is 10.2. The van der Waals surface area contributed by atoms with Gasteiger partial charge in [-0.1, -0.05) is 39.0 Å². The zero-order valence-corrected chi connectivity index (χ0v) is 13.5. The average Bonchev–Trinajstić information content (AvgIpc) is 2.48. The number of rotatable bonds is 7. The summed E-state index contributed by atoms with van der Waals surface area (Å²) in [6.45, 7) is 12.1. The highest BCUT2D eigenvalue weighted by Gasteiger charge is 2.02. The van der Waals surface area contributed by atoms with E-state index in [9.17, 15) is 14.4 Å². The third-order valence-electron chi connectivity index (χ3n) is 1.95. The van der Waals surface area contributed by atoms with Gasteiger partial charge in [-0.05, 0) is 20.3 Å². The van der Waals surface area contributed by atoms with Gasteiger partial charge in [-0.2, -0.15) is 0 Å². The smallest absolute Gasteiger partial charge is 0.333 e. The maximum Gasteiger partial charge on any atom is 0.333 e. The number of hydrogen-bond acceptors (Lipinski definition) is 4. The Labute approximate surface area is 131 Å². The van der Waals surface area contributed by atoms with Crippen molar-refractivity contribution in [3.05, 3.63) is 37.0 Å². The third-order valence-corrected chi connectivity index (χ3v) is 1.95. The molecule has 0 aliphatic carbocycles. The van der Waals surface area contributed by atoms with Crippen molar-refractivity contribution in [2.45, 2.75) is 40.0 Å². The van der Waals surface area contributed by atoms with Crippen LogP contribution in [-0.2, 0) is 19.1 Å². The molecule has 0 radical (unpaired) electrons. The van der Waals surface area contributed by atoms with E-state index in [1.165, 1.54) is 0 Å². The number of hydrogen-bond donors (Lipinski definition) is 2. The first-order chi connectivity index (χ1) is 10.3. The van der Waals surface area contributed by atoms with E-state index in [0.29, 0.717) is 6.61 Å². The molecule has 0 saturated carbocycles. The Bertz CT molecular complexity index is 364. The van der Waals surface area contributed by atoms with Crippen molar-refractivity contribution >= 4 is 17.9 Å². The number of aliphatic carboxylic acids is 2. The summed E-state index contributed by atoms with van der Waals surface area (Å²) in [5, 5.41) is 15.2. The Balaban J connectivity index is -0.000000298. The van der Waals surface area contributed by atoms with Gasteiger partial charge in [0.15, 0.2) is 0 Å². The molecule has 0 rings (SSSR count). The first kappa shape index (κ1) is 24.6. The summed E-state index contributed by atoms with van der Waals surface area (Å²) in [7, 11) is 0. The second-order valence-electron chi connectivity index (χ2n) is 3.83. The normalized spacial score (nSPS) is 9.14. The lowest BCUT2D eigenvalue weighted by Crippen LogP contribution is -2.04. The minimum absolute atomic E-state index is 0.186. The lowest BCUT2D eigenvalue weighted by Gasteiger charge is -2.00. The molecule has 126 valence electrons. The fraction of sp³-hybridized carbons (Fsp3) is 0.438. The quantitative estimate of drug-likeness (QED) is 0.425. The molecule has 0 aromatic heterocycles. The predicted molar refractivity (Wildman–Crippen MR) is 85.6 cm³/mol. The number of unbranched alkanes of at least 4 members (excludes halogenated alkanes) is 2. The molecule has 0 aromatic rings. The van der Waals surface area contributed by atoms with Crippen LogP contribution < -0.4 is 0 Å². The van der Waals surface area contributed by atoms with Crippen molar-refractivity contribution in [3.63, 3.8) is 0 Å². The standard InChI is InChI=1S/C10H18O2.2C3H4O2/c1-4-6-7-8-9(3)10(11)12-5-2;2*1-2-3(4)5/h8H,4-7H2,1-3H3;2*2H,1H2,(H,4,5). The molecular formula is C16H26O6. The summed E-state index contributed by atoms with van der Waals surface area (Å²) in [5.74, 6) is -2.15. The molecule has 0 heterocycles. The Kier molecular flexibility index (Phi) is 20.9. The van der Waals surface area contributed by atoms with E-state index in [-0.39, 0.29) is 5.97 Å². The number of esters is 1. The summed E-state index contributed by atoms with van der Waals surface area (Å²) in [4.78, 5) is 29.5. The molecule has 0 unspecified atom stereocenters. The number of carbonyl (C=O) groups is 3. The number of allylic oxidation sites excluding steroid dienone is 1. The highest BCUT2D eigenvalue weighted by molar-refractivity contribution is 5.87. The Morgan fingerprint density at radius 3 is 1.73 bits per heavy atom. The summed E-state index contributed by atoms with van der Waals surface area (Å²) in [6.07, 6.45) is 6.88. The van der Waals surface area contributed by atoms with Gasteiger partial charge in [0, 0.05) is 17.7 Å². The molecule has 0 aromatic carbocycles. The fourth-order valence-electron chi connectivity index (χ4n) is 0.851. The van der Waals surface area contributed by atoms with E-state index in [1.54, 1.807) is 6.92 Å². The Hall–Kier alpha value is -2.37. The van der Waals surface area contributed by atoms with Gasteiger partial charge in [0.2, 0.25) is 0 Å². The van der Waals surface area contributed by atoms with Gasteiger partial charge in [0.1, 0.15) is 0 Å². The summed E-state index contributed by atoms with van der Waals surface area (Å²) < 4.78 is 4.83. The van der Waals surface area contributed by atoms with E-state index in [4.69, 9.17) is 14.9 Å². The molecule has 0 spiro atoms. The van der Waals surface area contributed by atoms with Gasteiger partial charge in [-0.25, -0.2) is 14.4 Å². The van der Waals surface area contributed by atoms with Crippen LogP contribution in [0.1, 0.15) is 40.0 Å². The third kappa shape index (κ3) is 26.2. The largest absolute Gasteiger partial charge is 0.478 e. The van der Waals surface area contributed by atoms with E-state index >= 15 is 0 Å². The zero-order chi connectivity index (χ0) is 18.0. The van der Waals surface area contributed by atoms with E-state index in [0.717, 1.165) is 37.0 Å². The maximum absolute atomic E-state index is 11.0. The molecule has 6 heteroatoms. The minimum Gasteiger partial charge on any atom is -0.478 e. The van der Waals surface area contributed by atoms with Crippen LogP contribution in [0.3, 0.4) is 0 Å². The first-order valence-corrected chi connectivity index (χ1v) is 6.81. The number of carboxylic acid groups (broad SMARTS) is 2. The van der Waals surface area contributed by atoms with Crippen molar-refractivity contribution in [3.8, 4) is 0 Å². The first-order valence-electron chi connectivity index (χ1n) is 6.81. The van der Waals surface area contributed by atoms with Gasteiger partial charge in [-0.15, -0.1) is 0 Å². The van der Waals surface area contributed by atoms with Gasteiger partial charge >= 0.3 is 17.9 Å². The molecule has 0 amide bonds. The van der Waals surface area contributed by atoms with Crippen LogP contribution in [0.25, 0.3) is 0 Å². The van der Waals surface area contributed by atoms with Crippen molar-refractivity contribution in [2.75, 3.05) is 6.61 Å². The van der Waals surface area contributed by atoms with Crippen molar-refractivity contribution in [2.24, 2.45) is 0 Å². The SMILES string of the molecule is C=CC(=O)O.C=CC(=O)O.CCCCC=C(C)C(=O)OCC. The van der Waals surface area contributed by atoms with Crippen LogP contribution in [0.5, 0.6) is 0 Å². The molecule has 2 N–H and O–H groups in total. The van der Waals surface area contributed by atoms with E-state index in [1.807, 2.05) is 13.0 Å². The minimum atomic E-state index is -0.981. The van der Waals surface area contributed by atoms with Gasteiger partial charge < -0.3 is 14.9 Å². The van der Waals surface area contributed by atoms with Crippen molar-refractivity contribution in [1.82, 2.24) is 0 Å². The van der Waals surface area contributed by atoms with Crippen molar-refractivity contribution in [1.29, 1.82) is 0 Å². The maximum atomic E-state index is 11.0. The van der Waals surface area contributed by atoms with Gasteiger partial charge in [-0.3, -0.25) is 0 Å². The molecule has 0 aliphatic rings. The van der Waals surface area contributed by atoms with Gasteiger partial charge in [0.25, 0.3) is 0 Å². The lowest BCUT2D eigenvalue weighted by molar-refractivity contribution is -0.138. The van der Waals surface area contributed by atoms with E-state index in [2.05, 4.69) is 20.1 Å². The monoisotopic (exact) mass is 314 g/mol. The average molecular weight is 314 g/mol. The summed E-state index contributed by atoms with van der Waals surface area (Å²) in [5.41, 5.74) is 0.727. The van der Waals surface area contributed by atoms with Crippen LogP contribution in [0.15, 0.2) is 37.0 Å².